The first-order valence-electron chi connectivity index (χ1n) is 8.60. The van der Waals surface area contributed by atoms with E-state index in [0.29, 0.717) is 31.9 Å². The molecule has 1 aromatic heterocycles. The average molecular weight is 361 g/mol. The number of nitrogens with zero attached hydrogens (tertiary/aromatic N) is 2. The van der Waals surface area contributed by atoms with Crippen molar-refractivity contribution in [1.29, 1.82) is 0 Å². The molecule has 0 saturated carbocycles. The number of aliphatic hydroxyl groups excluding tert-OH is 1. The van der Waals surface area contributed by atoms with Gasteiger partial charge in [0.1, 0.15) is 6.04 Å². The summed E-state index contributed by atoms with van der Waals surface area (Å²) in [7, 11) is 0. The summed E-state index contributed by atoms with van der Waals surface area (Å²) in [6.45, 7) is 3.76. The molecular weight excluding hydrogens is 338 g/mol. The van der Waals surface area contributed by atoms with Gasteiger partial charge in [-0.2, -0.15) is 0 Å². The first kappa shape index (κ1) is 18.3. The van der Waals surface area contributed by atoms with E-state index in [9.17, 15) is 14.7 Å². The van der Waals surface area contributed by atoms with Crippen molar-refractivity contribution in [1.82, 2.24) is 25.5 Å². The summed E-state index contributed by atoms with van der Waals surface area (Å²) in [4.78, 5) is 33.8. The van der Waals surface area contributed by atoms with Crippen molar-refractivity contribution in [2.75, 3.05) is 46.0 Å². The zero-order valence-electron chi connectivity index (χ0n) is 14.4. The molecule has 0 radical (unpaired) electrons. The third kappa shape index (κ3) is 4.57. The van der Waals surface area contributed by atoms with Gasteiger partial charge in [-0.1, -0.05) is 0 Å². The third-order valence-electron chi connectivity index (χ3n) is 4.32. The summed E-state index contributed by atoms with van der Waals surface area (Å²) in [5.41, 5.74) is 1.87. The van der Waals surface area contributed by atoms with Crippen LogP contribution >= 0.6 is 0 Å². The molecule has 140 valence electrons. The quantitative estimate of drug-likeness (QED) is 0.508. The molecule has 9 heteroatoms. The Bertz CT molecular complexity index is 756. The van der Waals surface area contributed by atoms with Crippen LogP contribution in [-0.2, 0) is 9.53 Å². The number of aromatic nitrogens is 2. The average Bonchev–Trinajstić information content (AvgIpc) is 3.14. The number of morpholine rings is 1. The van der Waals surface area contributed by atoms with Crippen LogP contribution in [0.3, 0.4) is 0 Å². The lowest BCUT2D eigenvalue weighted by atomic mass is 10.1. The highest BCUT2D eigenvalue weighted by Crippen LogP contribution is 2.11. The maximum absolute atomic E-state index is 12.3. The van der Waals surface area contributed by atoms with Gasteiger partial charge in [0.25, 0.3) is 5.91 Å². The minimum absolute atomic E-state index is 0.390. The van der Waals surface area contributed by atoms with Gasteiger partial charge in [-0.25, -0.2) is 4.98 Å². The van der Waals surface area contributed by atoms with E-state index in [2.05, 4.69) is 25.5 Å². The van der Waals surface area contributed by atoms with Crippen molar-refractivity contribution in [3.8, 4) is 0 Å². The predicted molar refractivity (Wildman–Crippen MR) is 94.7 cm³/mol. The maximum atomic E-state index is 12.3. The van der Waals surface area contributed by atoms with E-state index in [0.717, 1.165) is 24.1 Å². The molecule has 0 spiro atoms. The standard InChI is InChI=1S/C17H23N5O4/c23-10-15(17(25)18-3-4-22-5-7-26-8-6-22)21-16(24)12-1-2-13-14(9-12)20-11-19-13/h1-2,9,11,15,23H,3-8,10H2,(H,18,25)(H,19,20)(H,21,24). The summed E-state index contributed by atoms with van der Waals surface area (Å²) in [5.74, 6) is -0.833. The first-order chi connectivity index (χ1) is 12.7. The van der Waals surface area contributed by atoms with Crippen LogP contribution in [0.4, 0.5) is 0 Å². The molecule has 1 aromatic carbocycles. The number of fused-ring (bicyclic) bond motifs is 1. The van der Waals surface area contributed by atoms with Crippen molar-refractivity contribution in [3.05, 3.63) is 30.1 Å². The van der Waals surface area contributed by atoms with E-state index in [1.165, 1.54) is 0 Å². The Hall–Kier alpha value is -2.49. The molecule has 1 fully saturated rings. The molecule has 9 nitrogen and oxygen atoms in total. The Labute approximate surface area is 150 Å². The summed E-state index contributed by atoms with van der Waals surface area (Å²) >= 11 is 0. The molecule has 2 aromatic rings. The SMILES string of the molecule is O=C(NC(CO)C(=O)NCCN1CCOCC1)c1ccc2nc[nH]c2c1. The molecule has 0 aliphatic carbocycles. The molecule has 3 rings (SSSR count). The van der Waals surface area contributed by atoms with Crippen LogP contribution in [0.2, 0.25) is 0 Å². The van der Waals surface area contributed by atoms with Crippen LogP contribution in [0.1, 0.15) is 10.4 Å². The van der Waals surface area contributed by atoms with Gasteiger partial charge in [0.2, 0.25) is 5.91 Å². The summed E-state index contributed by atoms with van der Waals surface area (Å²) in [6.07, 6.45) is 1.55. The van der Waals surface area contributed by atoms with Crippen LogP contribution in [0.25, 0.3) is 11.0 Å². The van der Waals surface area contributed by atoms with Crippen molar-refractivity contribution in [2.45, 2.75) is 6.04 Å². The van der Waals surface area contributed by atoms with Crippen molar-refractivity contribution in [3.63, 3.8) is 0 Å². The Kier molecular flexibility index (Phi) is 6.16. The normalized spacial score (nSPS) is 16.3. The van der Waals surface area contributed by atoms with Crippen LogP contribution < -0.4 is 10.6 Å². The molecule has 1 unspecified atom stereocenters. The number of carbonyl (C=O) groups is 2. The molecule has 2 amide bonds. The summed E-state index contributed by atoms with van der Waals surface area (Å²) in [5, 5.41) is 14.8. The number of benzene rings is 1. The van der Waals surface area contributed by atoms with E-state index >= 15 is 0 Å². The number of carbonyl (C=O) groups excluding carboxylic acids is 2. The summed E-state index contributed by atoms with van der Waals surface area (Å²) in [6, 6.07) is 4.01. The number of rotatable bonds is 7. The lowest BCUT2D eigenvalue weighted by Gasteiger charge is -2.26. The second kappa shape index (κ2) is 8.75. The van der Waals surface area contributed by atoms with Crippen molar-refractivity contribution in [2.24, 2.45) is 0 Å². The molecular formula is C17H23N5O4. The third-order valence-corrected chi connectivity index (χ3v) is 4.32. The van der Waals surface area contributed by atoms with E-state index in [1.807, 2.05) is 0 Å². The lowest BCUT2D eigenvalue weighted by molar-refractivity contribution is -0.123. The fourth-order valence-corrected chi connectivity index (χ4v) is 2.80. The first-order valence-corrected chi connectivity index (χ1v) is 8.60. The number of imidazole rings is 1. The van der Waals surface area contributed by atoms with Crippen LogP contribution in [0, 0.1) is 0 Å². The highest BCUT2D eigenvalue weighted by atomic mass is 16.5. The number of aliphatic hydroxyl groups is 1. The minimum atomic E-state index is -0.996. The molecule has 1 atom stereocenters. The Morgan fingerprint density at radius 2 is 2.15 bits per heavy atom. The molecule has 1 saturated heterocycles. The van der Waals surface area contributed by atoms with Gasteiger partial charge < -0.3 is 25.5 Å². The van der Waals surface area contributed by atoms with Crippen LogP contribution in [0.5, 0.6) is 0 Å². The maximum Gasteiger partial charge on any atom is 0.252 e. The van der Waals surface area contributed by atoms with Gasteiger partial charge in [-0.05, 0) is 18.2 Å². The number of hydrogen-bond acceptors (Lipinski definition) is 6. The molecule has 1 aliphatic rings. The van der Waals surface area contributed by atoms with Gasteiger partial charge in [-0.3, -0.25) is 14.5 Å². The zero-order chi connectivity index (χ0) is 18.4. The molecule has 2 heterocycles. The van der Waals surface area contributed by atoms with E-state index in [1.54, 1.807) is 24.5 Å². The number of hydrogen-bond donors (Lipinski definition) is 4. The number of nitrogens with one attached hydrogen (secondary N) is 3. The minimum Gasteiger partial charge on any atom is -0.394 e. The fourth-order valence-electron chi connectivity index (χ4n) is 2.80. The number of ether oxygens (including phenoxy) is 1. The Balaban J connectivity index is 1.50. The van der Waals surface area contributed by atoms with Gasteiger partial charge in [0, 0.05) is 31.7 Å². The van der Waals surface area contributed by atoms with Gasteiger partial charge in [0.05, 0.1) is 37.2 Å². The zero-order valence-corrected chi connectivity index (χ0v) is 14.4. The van der Waals surface area contributed by atoms with Gasteiger partial charge in [-0.15, -0.1) is 0 Å². The smallest absolute Gasteiger partial charge is 0.252 e. The van der Waals surface area contributed by atoms with Crippen molar-refractivity contribution < 1.29 is 19.4 Å². The number of amides is 2. The lowest BCUT2D eigenvalue weighted by Crippen LogP contribution is -2.50. The topological polar surface area (TPSA) is 120 Å². The Morgan fingerprint density at radius 3 is 2.92 bits per heavy atom. The second-order valence-electron chi connectivity index (χ2n) is 6.09. The van der Waals surface area contributed by atoms with Crippen LogP contribution in [-0.4, -0.2) is 83.8 Å². The number of H-pyrrole nitrogens is 1. The monoisotopic (exact) mass is 361 g/mol. The highest BCUT2D eigenvalue weighted by molar-refractivity contribution is 5.99. The fraction of sp³-hybridized carbons (Fsp3) is 0.471. The molecule has 0 bridgehead atoms. The molecule has 1 aliphatic heterocycles. The molecule has 26 heavy (non-hydrogen) atoms. The van der Waals surface area contributed by atoms with Gasteiger partial charge in [0.15, 0.2) is 0 Å². The summed E-state index contributed by atoms with van der Waals surface area (Å²) < 4.78 is 5.27. The van der Waals surface area contributed by atoms with E-state index in [-0.39, 0.29) is 0 Å². The second-order valence-corrected chi connectivity index (χ2v) is 6.09. The highest BCUT2D eigenvalue weighted by Gasteiger charge is 2.21. The van der Waals surface area contributed by atoms with E-state index < -0.39 is 24.5 Å². The van der Waals surface area contributed by atoms with Gasteiger partial charge >= 0.3 is 0 Å². The predicted octanol–water partition coefficient (Wildman–Crippen LogP) is -0.898. The largest absolute Gasteiger partial charge is 0.394 e. The van der Waals surface area contributed by atoms with Crippen molar-refractivity contribution >= 4 is 22.8 Å². The number of aromatic amines is 1. The molecule has 4 N–H and O–H groups in total. The van der Waals surface area contributed by atoms with E-state index in [4.69, 9.17) is 4.74 Å². The Morgan fingerprint density at radius 1 is 1.35 bits per heavy atom. The van der Waals surface area contributed by atoms with Crippen LogP contribution in [0.15, 0.2) is 24.5 Å².